The van der Waals surface area contributed by atoms with Gasteiger partial charge in [-0.25, -0.2) is 0 Å². The standard InChI is InChI=1S/C15H17BrO2/c16-13-9-11(15(7-8-15)14(17)18)5-6-12(13)10-3-1-2-4-10/h5-6,9-10H,1-4,7-8H2,(H,17,18). The van der Waals surface area contributed by atoms with Gasteiger partial charge in [-0.15, -0.1) is 0 Å². The molecule has 0 spiro atoms. The van der Waals surface area contributed by atoms with Crippen LogP contribution in [0.1, 0.15) is 55.6 Å². The lowest BCUT2D eigenvalue weighted by molar-refractivity contribution is -0.140. The average Bonchev–Trinajstić information content (AvgIpc) is 2.99. The lowest BCUT2D eigenvalue weighted by atomic mass is 9.91. The van der Waals surface area contributed by atoms with Gasteiger partial charge in [-0.1, -0.05) is 40.9 Å². The molecule has 3 heteroatoms. The van der Waals surface area contributed by atoms with Crippen molar-refractivity contribution in [2.45, 2.75) is 49.9 Å². The highest BCUT2D eigenvalue weighted by molar-refractivity contribution is 9.10. The van der Waals surface area contributed by atoms with Crippen molar-refractivity contribution in [2.24, 2.45) is 0 Å². The number of halogens is 1. The van der Waals surface area contributed by atoms with Gasteiger partial charge in [-0.05, 0) is 48.8 Å². The third-order valence-corrected chi connectivity index (χ3v) is 5.19. The van der Waals surface area contributed by atoms with E-state index in [2.05, 4.69) is 22.0 Å². The molecule has 0 atom stereocenters. The number of carboxylic acids is 1. The molecule has 0 aromatic heterocycles. The predicted octanol–water partition coefficient (Wildman–Crippen LogP) is 4.22. The van der Waals surface area contributed by atoms with E-state index in [-0.39, 0.29) is 0 Å². The van der Waals surface area contributed by atoms with Crippen LogP contribution in [0.25, 0.3) is 0 Å². The highest BCUT2D eigenvalue weighted by Crippen LogP contribution is 2.50. The van der Waals surface area contributed by atoms with Crippen molar-refractivity contribution < 1.29 is 9.90 Å². The molecule has 0 aliphatic heterocycles. The number of aliphatic carboxylic acids is 1. The monoisotopic (exact) mass is 308 g/mol. The van der Waals surface area contributed by atoms with Crippen LogP contribution >= 0.6 is 15.9 Å². The third kappa shape index (κ3) is 1.89. The second-order valence-corrected chi connectivity index (χ2v) is 6.46. The molecule has 96 valence electrons. The maximum atomic E-state index is 11.3. The molecule has 2 nitrogen and oxygen atoms in total. The molecule has 0 amide bonds. The summed E-state index contributed by atoms with van der Waals surface area (Å²) in [6, 6.07) is 6.20. The van der Waals surface area contributed by atoms with Gasteiger partial charge in [0.1, 0.15) is 0 Å². The van der Waals surface area contributed by atoms with E-state index in [1.165, 1.54) is 31.2 Å². The predicted molar refractivity (Wildman–Crippen MR) is 73.9 cm³/mol. The van der Waals surface area contributed by atoms with Crippen LogP contribution in [-0.4, -0.2) is 11.1 Å². The SMILES string of the molecule is O=C(O)C1(c2ccc(C3CCCC3)c(Br)c2)CC1. The van der Waals surface area contributed by atoms with Crippen molar-refractivity contribution in [3.63, 3.8) is 0 Å². The summed E-state index contributed by atoms with van der Waals surface area (Å²) in [6.45, 7) is 0. The van der Waals surface area contributed by atoms with Crippen LogP contribution in [0.3, 0.4) is 0 Å². The zero-order chi connectivity index (χ0) is 12.8. The molecule has 1 aromatic carbocycles. The molecule has 1 aromatic rings. The Balaban J connectivity index is 1.92. The molecule has 2 aliphatic rings. The minimum atomic E-state index is -0.678. The fourth-order valence-corrected chi connectivity index (χ4v) is 3.85. The Kier molecular flexibility index (Phi) is 2.97. The molecule has 0 unspecified atom stereocenters. The van der Waals surface area contributed by atoms with Gasteiger partial charge in [-0.2, -0.15) is 0 Å². The number of carboxylic acid groups (broad SMARTS) is 1. The Labute approximate surface area is 116 Å². The van der Waals surface area contributed by atoms with Crippen LogP contribution in [0.2, 0.25) is 0 Å². The summed E-state index contributed by atoms with van der Waals surface area (Å²) in [7, 11) is 0. The molecule has 3 rings (SSSR count). The summed E-state index contributed by atoms with van der Waals surface area (Å²) in [5.74, 6) is -0.0172. The van der Waals surface area contributed by atoms with E-state index < -0.39 is 11.4 Å². The first-order chi connectivity index (χ1) is 8.63. The molecule has 2 aliphatic carbocycles. The first-order valence-electron chi connectivity index (χ1n) is 6.67. The molecule has 0 saturated heterocycles. The van der Waals surface area contributed by atoms with Crippen molar-refractivity contribution in [1.29, 1.82) is 0 Å². The van der Waals surface area contributed by atoms with Crippen LogP contribution < -0.4 is 0 Å². The second-order valence-electron chi connectivity index (χ2n) is 5.60. The highest BCUT2D eigenvalue weighted by Gasteiger charge is 2.51. The summed E-state index contributed by atoms with van der Waals surface area (Å²) in [6.07, 6.45) is 6.72. The third-order valence-electron chi connectivity index (χ3n) is 4.51. The first-order valence-corrected chi connectivity index (χ1v) is 7.46. The van der Waals surface area contributed by atoms with Crippen LogP contribution in [0.4, 0.5) is 0 Å². The van der Waals surface area contributed by atoms with Gasteiger partial charge in [0.05, 0.1) is 5.41 Å². The summed E-state index contributed by atoms with van der Waals surface area (Å²) in [4.78, 5) is 11.3. The molecular formula is C15H17BrO2. The van der Waals surface area contributed by atoms with Gasteiger partial charge in [0.25, 0.3) is 0 Å². The maximum Gasteiger partial charge on any atom is 0.314 e. The molecule has 18 heavy (non-hydrogen) atoms. The van der Waals surface area contributed by atoms with E-state index in [0.717, 1.165) is 22.9 Å². The minimum Gasteiger partial charge on any atom is -0.481 e. The van der Waals surface area contributed by atoms with E-state index in [9.17, 15) is 9.90 Å². The maximum absolute atomic E-state index is 11.3. The summed E-state index contributed by atoms with van der Waals surface area (Å²) < 4.78 is 1.10. The van der Waals surface area contributed by atoms with Crippen LogP contribution in [0.15, 0.2) is 22.7 Å². The molecule has 2 saturated carbocycles. The van der Waals surface area contributed by atoms with Crippen molar-refractivity contribution in [2.75, 3.05) is 0 Å². The lowest BCUT2D eigenvalue weighted by Gasteiger charge is -2.16. The lowest BCUT2D eigenvalue weighted by Crippen LogP contribution is -2.19. The van der Waals surface area contributed by atoms with Crippen LogP contribution in [-0.2, 0) is 10.2 Å². The first kappa shape index (κ1) is 12.2. The Morgan fingerprint density at radius 2 is 1.94 bits per heavy atom. The zero-order valence-corrected chi connectivity index (χ0v) is 11.9. The fraction of sp³-hybridized carbons (Fsp3) is 0.533. The fourth-order valence-electron chi connectivity index (χ4n) is 3.14. The van der Waals surface area contributed by atoms with E-state index >= 15 is 0 Å². The van der Waals surface area contributed by atoms with Gasteiger partial charge in [-0.3, -0.25) is 4.79 Å². The summed E-state index contributed by atoms with van der Waals surface area (Å²) in [5.41, 5.74) is 1.73. The quantitative estimate of drug-likeness (QED) is 0.907. The largest absolute Gasteiger partial charge is 0.481 e. The zero-order valence-electron chi connectivity index (χ0n) is 10.3. The second kappa shape index (κ2) is 4.37. The van der Waals surface area contributed by atoms with Gasteiger partial charge >= 0.3 is 5.97 Å². The van der Waals surface area contributed by atoms with Gasteiger partial charge < -0.3 is 5.11 Å². The number of carbonyl (C=O) groups is 1. The molecular weight excluding hydrogens is 292 g/mol. The summed E-state index contributed by atoms with van der Waals surface area (Å²) in [5, 5.41) is 9.31. The molecule has 0 heterocycles. The van der Waals surface area contributed by atoms with E-state index in [1.54, 1.807) is 0 Å². The molecule has 2 fully saturated rings. The van der Waals surface area contributed by atoms with E-state index in [1.807, 2.05) is 12.1 Å². The highest BCUT2D eigenvalue weighted by atomic mass is 79.9. The Morgan fingerprint density at radius 1 is 1.28 bits per heavy atom. The molecule has 0 radical (unpaired) electrons. The van der Waals surface area contributed by atoms with Gasteiger partial charge in [0.15, 0.2) is 0 Å². The normalized spacial score (nSPS) is 22.1. The minimum absolute atomic E-state index is 0.587. The van der Waals surface area contributed by atoms with E-state index in [4.69, 9.17) is 0 Å². The molecule has 0 bridgehead atoms. The smallest absolute Gasteiger partial charge is 0.314 e. The summed E-state index contributed by atoms with van der Waals surface area (Å²) >= 11 is 3.63. The van der Waals surface area contributed by atoms with Crippen molar-refractivity contribution in [1.82, 2.24) is 0 Å². The van der Waals surface area contributed by atoms with Gasteiger partial charge in [0, 0.05) is 4.47 Å². The number of hydrogen-bond donors (Lipinski definition) is 1. The van der Waals surface area contributed by atoms with Crippen molar-refractivity contribution in [3.8, 4) is 0 Å². The number of benzene rings is 1. The Bertz CT molecular complexity index is 485. The van der Waals surface area contributed by atoms with Crippen molar-refractivity contribution >= 4 is 21.9 Å². The number of rotatable bonds is 3. The van der Waals surface area contributed by atoms with Crippen LogP contribution in [0, 0.1) is 0 Å². The Hall–Kier alpha value is -0.830. The van der Waals surface area contributed by atoms with Crippen LogP contribution in [0.5, 0.6) is 0 Å². The van der Waals surface area contributed by atoms with E-state index in [0.29, 0.717) is 5.92 Å². The topological polar surface area (TPSA) is 37.3 Å². The van der Waals surface area contributed by atoms with Crippen molar-refractivity contribution in [3.05, 3.63) is 33.8 Å². The Morgan fingerprint density at radius 3 is 2.44 bits per heavy atom. The number of hydrogen-bond acceptors (Lipinski definition) is 1. The van der Waals surface area contributed by atoms with Gasteiger partial charge in [0.2, 0.25) is 0 Å². The average molecular weight is 309 g/mol. The molecule has 1 N–H and O–H groups in total.